The summed E-state index contributed by atoms with van der Waals surface area (Å²) in [6.07, 6.45) is 1.64. The van der Waals surface area contributed by atoms with Crippen LogP contribution in [-0.4, -0.2) is 9.97 Å². The number of halogens is 1. The Morgan fingerprint density at radius 3 is 2.36 bits per heavy atom. The summed E-state index contributed by atoms with van der Waals surface area (Å²) in [5, 5.41) is 0. The Hall–Kier alpha value is -0.640. The van der Waals surface area contributed by atoms with Gasteiger partial charge in [0.05, 0.1) is 4.47 Å². The monoisotopic (exact) mass is 217 g/mol. The highest BCUT2D eigenvalue weighted by Gasteiger charge is 1.94. The third kappa shape index (κ3) is 3.32. The van der Waals surface area contributed by atoms with E-state index in [4.69, 9.17) is 5.73 Å². The molecular weight excluding hydrogens is 206 g/mol. The van der Waals surface area contributed by atoms with Crippen molar-refractivity contribution in [2.75, 3.05) is 5.73 Å². The van der Waals surface area contributed by atoms with E-state index in [1.54, 1.807) is 13.1 Å². The first-order valence-electron chi connectivity index (χ1n) is 3.45. The summed E-state index contributed by atoms with van der Waals surface area (Å²) in [4.78, 5) is 7.79. The highest BCUT2D eigenvalue weighted by atomic mass is 79.9. The molecule has 0 atom stereocenters. The molecule has 0 unspecified atom stereocenters. The predicted molar refractivity (Wildman–Crippen MR) is 50.2 cm³/mol. The molecule has 3 nitrogen and oxygen atoms in total. The van der Waals surface area contributed by atoms with E-state index in [1.807, 2.05) is 13.8 Å². The molecule has 1 aromatic rings. The summed E-state index contributed by atoms with van der Waals surface area (Å²) in [6.45, 7) is 5.79. The zero-order chi connectivity index (χ0) is 8.85. The molecule has 0 amide bonds. The minimum atomic E-state index is 0.488. The maximum atomic E-state index is 5.42. The molecule has 0 aromatic carbocycles. The van der Waals surface area contributed by atoms with Gasteiger partial charge in [0.1, 0.15) is 11.6 Å². The smallest absolute Gasteiger partial charge is 0.141 e. The van der Waals surface area contributed by atoms with Crippen LogP contribution in [0.2, 0.25) is 0 Å². The molecule has 1 heterocycles. The van der Waals surface area contributed by atoms with Crippen molar-refractivity contribution in [2.24, 2.45) is 0 Å². The summed E-state index contributed by atoms with van der Waals surface area (Å²) in [6, 6.07) is 0. The number of anilines is 1. The van der Waals surface area contributed by atoms with E-state index < -0.39 is 0 Å². The van der Waals surface area contributed by atoms with Crippen molar-refractivity contribution in [1.29, 1.82) is 0 Å². The van der Waals surface area contributed by atoms with Gasteiger partial charge in [0.2, 0.25) is 0 Å². The Labute approximate surface area is 75.2 Å². The largest absolute Gasteiger partial charge is 0.383 e. The van der Waals surface area contributed by atoms with Crippen LogP contribution in [0.5, 0.6) is 0 Å². The van der Waals surface area contributed by atoms with Gasteiger partial charge >= 0.3 is 0 Å². The van der Waals surface area contributed by atoms with Crippen molar-refractivity contribution in [1.82, 2.24) is 9.97 Å². The molecular formula is C7H12BrN3. The molecule has 0 saturated heterocycles. The van der Waals surface area contributed by atoms with E-state index in [0.29, 0.717) is 11.6 Å². The second-order valence-electron chi connectivity index (χ2n) is 1.65. The van der Waals surface area contributed by atoms with Gasteiger partial charge in [-0.25, -0.2) is 9.97 Å². The highest BCUT2D eigenvalue weighted by molar-refractivity contribution is 9.10. The lowest BCUT2D eigenvalue weighted by Crippen LogP contribution is -1.95. The number of hydrogen-bond donors (Lipinski definition) is 1. The quantitative estimate of drug-likeness (QED) is 0.725. The average Bonchev–Trinajstić information content (AvgIpc) is 2.02. The number of hydrogen-bond acceptors (Lipinski definition) is 3. The molecule has 2 N–H and O–H groups in total. The molecule has 11 heavy (non-hydrogen) atoms. The molecule has 0 radical (unpaired) electrons. The maximum Gasteiger partial charge on any atom is 0.141 e. The summed E-state index contributed by atoms with van der Waals surface area (Å²) < 4.78 is 0.744. The van der Waals surface area contributed by atoms with Crippen molar-refractivity contribution in [3.8, 4) is 0 Å². The third-order valence-corrected chi connectivity index (χ3v) is 1.50. The molecule has 0 fully saturated rings. The SMILES string of the molecule is CC.Cc1ncc(Br)c(N)n1. The summed E-state index contributed by atoms with van der Waals surface area (Å²) in [7, 11) is 0. The Bertz CT molecular complexity index is 225. The summed E-state index contributed by atoms with van der Waals surface area (Å²) in [5.41, 5.74) is 5.42. The molecule has 0 aliphatic heterocycles. The topological polar surface area (TPSA) is 51.8 Å². The van der Waals surface area contributed by atoms with E-state index in [9.17, 15) is 0 Å². The van der Waals surface area contributed by atoms with E-state index in [0.717, 1.165) is 4.47 Å². The van der Waals surface area contributed by atoms with Crippen molar-refractivity contribution >= 4 is 21.7 Å². The van der Waals surface area contributed by atoms with Crippen LogP contribution < -0.4 is 5.73 Å². The molecule has 0 aliphatic rings. The Morgan fingerprint density at radius 1 is 1.45 bits per heavy atom. The third-order valence-electron chi connectivity index (χ3n) is 0.892. The lowest BCUT2D eigenvalue weighted by Gasteiger charge is -1.94. The first-order valence-corrected chi connectivity index (χ1v) is 4.24. The molecule has 4 heteroatoms. The summed E-state index contributed by atoms with van der Waals surface area (Å²) in [5.74, 6) is 1.18. The van der Waals surface area contributed by atoms with Gasteiger partial charge in [-0.1, -0.05) is 13.8 Å². The molecule has 0 bridgehead atoms. The van der Waals surface area contributed by atoms with Crippen molar-refractivity contribution < 1.29 is 0 Å². The van der Waals surface area contributed by atoms with Crippen LogP contribution in [0.3, 0.4) is 0 Å². The second kappa shape index (κ2) is 5.07. The number of nitrogens with two attached hydrogens (primary N) is 1. The van der Waals surface area contributed by atoms with Crippen molar-refractivity contribution in [3.05, 3.63) is 16.5 Å². The van der Waals surface area contributed by atoms with Crippen LogP contribution >= 0.6 is 15.9 Å². The van der Waals surface area contributed by atoms with Gasteiger partial charge < -0.3 is 5.73 Å². The van der Waals surface area contributed by atoms with Crippen LogP contribution in [0, 0.1) is 6.92 Å². The Morgan fingerprint density at radius 2 is 2.00 bits per heavy atom. The second-order valence-corrected chi connectivity index (χ2v) is 2.50. The zero-order valence-electron chi connectivity index (χ0n) is 6.93. The zero-order valence-corrected chi connectivity index (χ0v) is 8.51. The standard InChI is InChI=1S/C5H6BrN3.C2H6/c1-3-8-2-4(6)5(7)9-3;1-2/h2H,1H3,(H2,7,8,9);1-2H3. The fraction of sp³-hybridized carbons (Fsp3) is 0.429. The number of rotatable bonds is 0. The fourth-order valence-electron chi connectivity index (χ4n) is 0.473. The number of aryl methyl sites for hydroxylation is 1. The summed E-state index contributed by atoms with van der Waals surface area (Å²) >= 11 is 3.18. The van der Waals surface area contributed by atoms with Crippen LogP contribution in [0.25, 0.3) is 0 Å². The molecule has 1 aromatic heterocycles. The van der Waals surface area contributed by atoms with Gasteiger partial charge in [-0.05, 0) is 22.9 Å². The predicted octanol–water partition coefficient (Wildman–Crippen LogP) is 2.16. The minimum Gasteiger partial charge on any atom is -0.383 e. The number of nitrogen functional groups attached to an aromatic ring is 1. The maximum absolute atomic E-state index is 5.42. The lowest BCUT2D eigenvalue weighted by atomic mass is 10.5. The van der Waals surface area contributed by atoms with E-state index in [2.05, 4.69) is 25.9 Å². The Balaban J connectivity index is 0.000000461. The number of aromatic nitrogens is 2. The average molecular weight is 218 g/mol. The van der Waals surface area contributed by atoms with Crippen molar-refractivity contribution in [2.45, 2.75) is 20.8 Å². The van der Waals surface area contributed by atoms with Gasteiger partial charge in [0.25, 0.3) is 0 Å². The van der Waals surface area contributed by atoms with Gasteiger partial charge in [0, 0.05) is 6.20 Å². The number of nitrogens with zero attached hydrogens (tertiary/aromatic N) is 2. The first-order chi connectivity index (χ1) is 5.20. The van der Waals surface area contributed by atoms with Gasteiger partial charge in [-0.3, -0.25) is 0 Å². The van der Waals surface area contributed by atoms with Gasteiger partial charge in [-0.2, -0.15) is 0 Å². The van der Waals surface area contributed by atoms with Crippen LogP contribution in [0.15, 0.2) is 10.7 Å². The van der Waals surface area contributed by atoms with E-state index in [-0.39, 0.29) is 0 Å². The molecule has 62 valence electrons. The van der Waals surface area contributed by atoms with E-state index in [1.165, 1.54) is 0 Å². The minimum absolute atomic E-state index is 0.488. The molecule has 0 spiro atoms. The van der Waals surface area contributed by atoms with Crippen LogP contribution in [0.1, 0.15) is 19.7 Å². The van der Waals surface area contributed by atoms with Crippen LogP contribution in [0.4, 0.5) is 5.82 Å². The van der Waals surface area contributed by atoms with Crippen molar-refractivity contribution in [3.63, 3.8) is 0 Å². The normalized spacial score (nSPS) is 8.36. The van der Waals surface area contributed by atoms with Crippen LogP contribution in [-0.2, 0) is 0 Å². The molecule has 1 rings (SSSR count). The first kappa shape index (κ1) is 10.4. The van der Waals surface area contributed by atoms with Gasteiger partial charge in [0.15, 0.2) is 0 Å². The van der Waals surface area contributed by atoms with E-state index >= 15 is 0 Å². The molecule has 0 aliphatic carbocycles. The lowest BCUT2D eigenvalue weighted by molar-refractivity contribution is 1.05. The molecule has 0 saturated carbocycles. The Kier molecular flexibility index (Phi) is 4.77. The fourth-order valence-corrected chi connectivity index (χ4v) is 0.664. The highest BCUT2D eigenvalue weighted by Crippen LogP contribution is 2.13. The van der Waals surface area contributed by atoms with Gasteiger partial charge in [-0.15, -0.1) is 0 Å².